The fraction of sp³-hybridized carbons (Fsp3) is 0.222. The van der Waals surface area contributed by atoms with Crippen molar-refractivity contribution in [1.82, 2.24) is 4.90 Å². The maximum absolute atomic E-state index is 12.1. The fourth-order valence-corrected chi connectivity index (χ4v) is 2.29. The summed E-state index contributed by atoms with van der Waals surface area (Å²) >= 11 is 0. The summed E-state index contributed by atoms with van der Waals surface area (Å²) in [5.41, 5.74) is 1.00. The summed E-state index contributed by atoms with van der Waals surface area (Å²) < 4.78 is 4.98. The molecule has 136 valence electrons. The number of nitro groups is 1. The Kier molecular flexibility index (Phi) is 6.26. The molecule has 2 aromatic rings. The molecule has 1 N–H and O–H groups in total. The van der Waals surface area contributed by atoms with Crippen LogP contribution >= 0.6 is 0 Å². The van der Waals surface area contributed by atoms with Crippen molar-refractivity contribution in [3.8, 4) is 0 Å². The van der Waals surface area contributed by atoms with Crippen molar-refractivity contribution in [2.75, 3.05) is 26.0 Å². The van der Waals surface area contributed by atoms with E-state index in [1.54, 1.807) is 14.1 Å². The zero-order chi connectivity index (χ0) is 19.1. The number of rotatable bonds is 7. The van der Waals surface area contributed by atoms with E-state index in [2.05, 4.69) is 5.32 Å². The number of hydrogen-bond acceptors (Lipinski definition) is 6. The lowest BCUT2D eigenvalue weighted by Crippen LogP contribution is -2.30. The summed E-state index contributed by atoms with van der Waals surface area (Å²) in [4.78, 5) is 36.0. The molecule has 0 atom stereocenters. The van der Waals surface area contributed by atoms with Crippen LogP contribution in [0, 0.1) is 10.1 Å². The van der Waals surface area contributed by atoms with Crippen LogP contribution in [0.25, 0.3) is 0 Å². The van der Waals surface area contributed by atoms with Crippen LogP contribution in [0.3, 0.4) is 0 Å². The topological polar surface area (TPSA) is 102 Å². The number of esters is 1. The normalized spacial score (nSPS) is 10.1. The van der Waals surface area contributed by atoms with E-state index in [1.165, 1.54) is 17.0 Å². The molecule has 8 heteroatoms. The zero-order valence-electron chi connectivity index (χ0n) is 14.5. The average Bonchev–Trinajstić information content (AvgIpc) is 2.65. The maximum atomic E-state index is 12.1. The zero-order valence-corrected chi connectivity index (χ0v) is 14.5. The van der Waals surface area contributed by atoms with E-state index in [0.717, 1.165) is 11.6 Å². The first-order chi connectivity index (χ1) is 12.4. The van der Waals surface area contributed by atoms with Crippen LogP contribution in [0.2, 0.25) is 0 Å². The Bertz CT molecular complexity index is 808. The van der Waals surface area contributed by atoms with Crippen LogP contribution in [0.5, 0.6) is 0 Å². The Morgan fingerprint density at radius 1 is 1.19 bits per heavy atom. The van der Waals surface area contributed by atoms with Gasteiger partial charge >= 0.3 is 5.97 Å². The van der Waals surface area contributed by atoms with Gasteiger partial charge in [0.15, 0.2) is 6.61 Å². The van der Waals surface area contributed by atoms with Crippen molar-refractivity contribution in [3.05, 3.63) is 69.8 Å². The van der Waals surface area contributed by atoms with E-state index in [9.17, 15) is 19.7 Å². The molecular weight excluding hydrogens is 338 g/mol. The summed E-state index contributed by atoms with van der Waals surface area (Å²) in [5, 5.41) is 13.7. The number of hydrogen-bond donors (Lipinski definition) is 1. The molecule has 26 heavy (non-hydrogen) atoms. The van der Waals surface area contributed by atoms with Crippen molar-refractivity contribution in [2.24, 2.45) is 0 Å². The SMILES string of the molecule is CNc1ccc(C(=O)OCC(=O)N(C)Cc2ccccc2)cc1[N+](=O)[O-]. The molecule has 0 aromatic heterocycles. The Labute approximate surface area is 150 Å². The Morgan fingerprint density at radius 2 is 1.88 bits per heavy atom. The third-order valence-corrected chi connectivity index (χ3v) is 3.71. The van der Waals surface area contributed by atoms with Gasteiger partial charge in [0.1, 0.15) is 5.69 Å². The highest BCUT2D eigenvalue weighted by atomic mass is 16.6. The van der Waals surface area contributed by atoms with Crippen LogP contribution in [0.1, 0.15) is 15.9 Å². The molecule has 2 rings (SSSR count). The second-order valence-corrected chi connectivity index (χ2v) is 5.55. The number of carbonyl (C=O) groups is 2. The molecule has 0 aliphatic heterocycles. The van der Waals surface area contributed by atoms with Crippen LogP contribution in [-0.4, -0.2) is 42.4 Å². The van der Waals surface area contributed by atoms with Gasteiger partial charge < -0.3 is 15.0 Å². The molecule has 0 heterocycles. The predicted octanol–water partition coefficient (Wildman–Crippen LogP) is 2.45. The van der Waals surface area contributed by atoms with Crippen molar-refractivity contribution in [1.29, 1.82) is 0 Å². The third kappa shape index (κ3) is 4.79. The van der Waals surface area contributed by atoms with E-state index in [4.69, 9.17) is 4.74 Å². The monoisotopic (exact) mass is 357 g/mol. The van der Waals surface area contributed by atoms with Crippen molar-refractivity contribution < 1.29 is 19.2 Å². The smallest absolute Gasteiger partial charge is 0.338 e. The third-order valence-electron chi connectivity index (χ3n) is 3.71. The minimum Gasteiger partial charge on any atom is -0.452 e. The molecule has 2 aromatic carbocycles. The van der Waals surface area contributed by atoms with Gasteiger partial charge in [-0.25, -0.2) is 4.79 Å². The highest BCUT2D eigenvalue weighted by Gasteiger charge is 2.19. The van der Waals surface area contributed by atoms with Crippen molar-refractivity contribution >= 4 is 23.3 Å². The number of nitro benzene ring substituents is 1. The van der Waals surface area contributed by atoms with Gasteiger partial charge in [0, 0.05) is 26.7 Å². The number of nitrogens with one attached hydrogen (secondary N) is 1. The molecule has 0 aliphatic carbocycles. The molecule has 0 bridgehead atoms. The van der Waals surface area contributed by atoms with E-state index in [1.807, 2.05) is 30.3 Å². The van der Waals surface area contributed by atoms with Crippen LogP contribution in [-0.2, 0) is 16.1 Å². The fourth-order valence-electron chi connectivity index (χ4n) is 2.29. The second kappa shape index (κ2) is 8.61. The van der Waals surface area contributed by atoms with Crippen molar-refractivity contribution in [2.45, 2.75) is 6.54 Å². The minimum absolute atomic E-state index is 0.00853. The van der Waals surface area contributed by atoms with Gasteiger partial charge in [-0.1, -0.05) is 30.3 Å². The van der Waals surface area contributed by atoms with Gasteiger partial charge in [-0.3, -0.25) is 14.9 Å². The van der Waals surface area contributed by atoms with Gasteiger partial charge in [-0.2, -0.15) is 0 Å². The molecule has 0 saturated heterocycles. The highest BCUT2D eigenvalue weighted by Crippen LogP contribution is 2.25. The first-order valence-electron chi connectivity index (χ1n) is 7.83. The standard InChI is InChI=1S/C18H19N3O5/c1-19-15-9-8-14(10-16(15)21(24)25)18(23)26-12-17(22)20(2)11-13-6-4-3-5-7-13/h3-10,19H,11-12H2,1-2H3. The number of benzene rings is 2. The average molecular weight is 357 g/mol. The largest absolute Gasteiger partial charge is 0.452 e. The molecule has 0 aliphatic rings. The van der Waals surface area contributed by atoms with E-state index in [0.29, 0.717) is 6.54 Å². The number of carbonyl (C=O) groups excluding carboxylic acids is 2. The molecular formula is C18H19N3O5. The summed E-state index contributed by atoms with van der Waals surface area (Å²) in [6.07, 6.45) is 0. The Hall–Kier alpha value is -3.42. The summed E-state index contributed by atoms with van der Waals surface area (Å²) in [6.45, 7) is -0.0523. The number of likely N-dealkylation sites (N-methyl/N-ethyl adjacent to an activating group) is 1. The minimum atomic E-state index is -0.794. The van der Waals surface area contributed by atoms with Crippen LogP contribution < -0.4 is 5.32 Å². The van der Waals surface area contributed by atoms with E-state index in [-0.39, 0.29) is 22.8 Å². The molecule has 0 saturated carbocycles. The predicted molar refractivity (Wildman–Crippen MR) is 95.8 cm³/mol. The summed E-state index contributed by atoms with van der Waals surface area (Å²) in [7, 11) is 3.15. The Balaban J connectivity index is 1.96. The lowest BCUT2D eigenvalue weighted by molar-refractivity contribution is -0.384. The molecule has 0 unspecified atom stereocenters. The number of anilines is 1. The second-order valence-electron chi connectivity index (χ2n) is 5.55. The van der Waals surface area contributed by atoms with Crippen LogP contribution in [0.4, 0.5) is 11.4 Å². The number of amides is 1. The summed E-state index contributed by atoms with van der Waals surface area (Å²) in [6, 6.07) is 13.3. The molecule has 0 fully saturated rings. The van der Waals surface area contributed by atoms with Gasteiger partial charge in [-0.05, 0) is 17.7 Å². The van der Waals surface area contributed by atoms with Gasteiger partial charge in [0.25, 0.3) is 11.6 Å². The van der Waals surface area contributed by atoms with Crippen molar-refractivity contribution in [3.63, 3.8) is 0 Å². The van der Waals surface area contributed by atoms with Crippen LogP contribution in [0.15, 0.2) is 48.5 Å². The van der Waals surface area contributed by atoms with E-state index < -0.39 is 17.5 Å². The van der Waals surface area contributed by atoms with Gasteiger partial charge in [0.2, 0.25) is 0 Å². The first kappa shape index (κ1) is 18.9. The van der Waals surface area contributed by atoms with E-state index >= 15 is 0 Å². The molecule has 1 amide bonds. The molecule has 8 nitrogen and oxygen atoms in total. The molecule has 0 radical (unpaired) electrons. The lowest BCUT2D eigenvalue weighted by atomic mass is 10.1. The lowest BCUT2D eigenvalue weighted by Gasteiger charge is -2.17. The Morgan fingerprint density at radius 3 is 2.50 bits per heavy atom. The van der Waals surface area contributed by atoms with Gasteiger partial charge in [-0.15, -0.1) is 0 Å². The maximum Gasteiger partial charge on any atom is 0.338 e. The number of nitrogens with zero attached hydrogens (tertiary/aromatic N) is 2. The molecule has 0 spiro atoms. The quantitative estimate of drug-likeness (QED) is 0.464. The highest BCUT2D eigenvalue weighted by molar-refractivity contribution is 5.93. The summed E-state index contributed by atoms with van der Waals surface area (Å²) in [5.74, 6) is -1.17. The van der Waals surface area contributed by atoms with Gasteiger partial charge in [0.05, 0.1) is 10.5 Å². The first-order valence-corrected chi connectivity index (χ1v) is 7.83. The number of ether oxygens (including phenoxy) is 1.